The van der Waals surface area contributed by atoms with Gasteiger partial charge in [0.2, 0.25) is 0 Å². The van der Waals surface area contributed by atoms with E-state index in [0.29, 0.717) is 32.3 Å². The molecule has 0 aliphatic carbocycles. The van der Waals surface area contributed by atoms with Crippen LogP contribution >= 0.6 is 27.5 Å². The minimum Gasteiger partial charge on any atom is -0.493 e. The second-order valence-electron chi connectivity index (χ2n) is 7.40. The maximum absolute atomic E-state index is 13.3. The molecule has 1 N–H and O–H groups in total. The number of fused-ring (bicyclic) bond motifs is 1. The fourth-order valence-electron chi connectivity index (χ4n) is 3.31. The van der Waals surface area contributed by atoms with Gasteiger partial charge in [-0.25, -0.2) is 9.78 Å². The largest absolute Gasteiger partial charge is 0.493 e. The van der Waals surface area contributed by atoms with Crippen LogP contribution in [0.2, 0.25) is 5.02 Å². The summed E-state index contributed by atoms with van der Waals surface area (Å²) in [5.41, 5.74) is 1.41. The Morgan fingerprint density at radius 1 is 1.20 bits per heavy atom. The number of carboxylic acid groups (broad SMARTS) is 1. The van der Waals surface area contributed by atoms with Gasteiger partial charge in [-0.2, -0.15) is 9.78 Å². The molecule has 3 aromatic carbocycles. The van der Waals surface area contributed by atoms with Gasteiger partial charge in [-0.15, -0.1) is 0 Å². The molecule has 1 heterocycles. The number of nitrogens with zero attached hydrogens (tertiary/aromatic N) is 3. The zero-order valence-corrected chi connectivity index (χ0v) is 20.9. The van der Waals surface area contributed by atoms with E-state index in [4.69, 9.17) is 21.1 Å². The van der Waals surface area contributed by atoms with E-state index in [9.17, 15) is 14.7 Å². The van der Waals surface area contributed by atoms with Gasteiger partial charge in [-0.1, -0.05) is 54.1 Å². The third-order valence-electron chi connectivity index (χ3n) is 5.12. The predicted octanol–water partition coefficient (Wildman–Crippen LogP) is 5.22. The Kier molecular flexibility index (Phi) is 7.18. The van der Waals surface area contributed by atoms with Crippen molar-refractivity contribution >= 4 is 50.6 Å². The Labute approximate surface area is 213 Å². The molecule has 0 bridgehead atoms. The van der Waals surface area contributed by atoms with Crippen molar-refractivity contribution < 1.29 is 19.4 Å². The number of para-hydroxylation sites is 1. The molecule has 0 aliphatic rings. The number of rotatable bonds is 7. The van der Waals surface area contributed by atoms with Crippen molar-refractivity contribution in [3.63, 3.8) is 0 Å². The van der Waals surface area contributed by atoms with E-state index in [1.165, 1.54) is 24.9 Å². The Balaban J connectivity index is 1.86. The molecule has 4 rings (SSSR count). The molecule has 1 atom stereocenters. The van der Waals surface area contributed by atoms with Gasteiger partial charge in [0.1, 0.15) is 5.02 Å². The number of hydrogen-bond acceptors (Lipinski definition) is 6. The SMILES string of the molecule is COc1cc(C=Nn2c(-c3ccccc3)nc3ccccc3c2=O)c(Br)c(Cl)c1O[C@@H](C)C(=O)O. The van der Waals surface area contributed by atoms with Crippen LogP contribution in [0.3, 0.4) is 0 Å². The van der Waals surface area contributed by atoms with Crippen molar-refractivity contribution in [3.8, 4) is 22.9 Å². The first-order chi connectivity index (χ1) is 16.8. The number of ether oxygens (including phenoxy) is 2. The molecule has 0 radical (unpaired) electrons. The zero-order valence-electron chi connectivity index (χ0n) is 18.6. The third-order valence-corrected chi connectivity index (χ3v) is 6.56. The molecule has 4 aromatic rings. The van der Waals surface area contributed by atoms with Crippen LogP contribution in [0.25, 0.3) is 22.3 Å². The second kappa shape index (κ2) is 10.3. The van der Waals surface area contributed by atoms with Crippen LogP contribution in [0.1, 0.15) is 12.5 Å². The highest BCUT2D eigenvalue weighted by Crippen LogP contribution is 2.42. The summed E-state index contributed by atoms with van der Waals surface area (Å²) in [5.74, 6) is -0.501. The molecule has 0 spiro atoms. The number of aromatic nitrogens is 2. The lowest BCUT2D eigenvalue weighted by atomic mass is 10.2. The third kappa shape index (κ3) is 4.91. The first kappa shape index (κ1) is 24.4. The van der Waals surface area contributed by atoms with E-state index in [0.717, 1.165) is 0 Å². The molecule has 10 heteroatoms. The van der Waals surface area contributed by atoms with E-state index in [1.807, 2.05) is 36.4 Å². The van der Waals surface area contributed by atoms with Gasteiger partial charge in [-0.3, -0.25) is 4.79 Å². The Bertz CT molecular complexity index is 1500. The van der Waals surface area contributed by atoms with Gasteiger partial charge in [0, 0.05) is 15.6 Å². The van der Waals surface area contributed by atoms with E-state index >= 15 is 0 Å². The minimum absolute atomic E-state index is 0.0719. The normalized spacial score (nSPS) is 12.1. The first-order valence-electron chi connectivity index (χ1n) is 10.4. The summed E-state index contributed by atoms with van der Waals surface area (Å²) in [5, 5.41) is 14.1. The molecular formula is C25H19BrClN3O5. The summed E-state index contributed by atoms with van der Waals surface area (Å²) in [4.78, 5) is 29.2. The molecule has 178 valence electrons. The standard InChI is InChI=1S/C25H19BrClN3O5/c1-14(25(32)33)35-22-19(34-2)12-16(20(26)21(22)27)13-28-30-23(15-8-4-3-5-9-15)29-18-11-7-6-10-17(18)24(30)31/h3-14H,1-2H3,(H,32,33)/t14-/m0/s1. The van der Waals surface area contributed by atoms with Crippen molar-refractivity contribution in [2.75, 3.05) is 7.11 Å². The average Bonchev–Trinajstić information content (AvgIpc) is 2.87. The summed E-state index contributed by atoms with van der Waals surface area (Å²) < 4.78 is 12.5. The summed E-state index contributed by atoms with van der Waals surface area (Å²) in [6, 6.07) is 17.9. The fourth-order valence-corrected chi connectivity index (χ4v) is 3.96. The van der Waals surface area contributed by atoms with Crippen molar-refractivity contribution in [1.29, 1.82) is 0 Å². The second-order valence-corrected chi connectivity index (χ2v) is 8.57. The van der Waals surface area contributed by atoms with Crippen LogP contribution < -0.4 is 15.0 Å². The highest BCUT2D eigenvalue weighted by atomic mass is 79.9. The summed E-state index contributed by atoms with van der Waals surface area (Å²) in [6.07, 6.45) is 0.288. The zero-order chi connectivity index (χ0) is 25.1. The smallest absolute Gasteiger partial charge is 0.344 e. The van der Waals surface area contributed by atoms with Crippen LogP contribution in [-0.4, -0.2) is 40.2 Å². The topological polar surface area (TPSA) is 103 Å². The highest BCUT2D eigenvalue weighted by molar-refractivity contribution is 9.10. The number of methoxy groups -OCH3 is 1. The number of halogens is 2. The van der Waals surface area contributed by atoms with Gasteiger partial charge in [0.15, 0.2) is 23.4 Å². The van der Waals surface area contributed by atoms with Crippen LogP contribution in [0.15, 0.2) is 75.0 Å². The van der Waals surface area contributed by atoms with Gasteiger partial charge >= 0.3 is 5.97 Å². The van der Waals surface area contributed by atoms with E-state index in [1.54, 1.807) is 24.3 Å². The molecule has 0 fully saturated rings. The number of aliphatic carboxylic acids is 1. The summed E-state index contributed by atoms with van der Waals surface area (Å²) in [6.45, 7) is 1.38. The van der Waals surface area contributed by atoms with Gasteiger partial charge in [0.05, 0.1) is 24.2 Å². The molecule has 1 aromatic heterocycles. The molecule has 0 saturated carbocycles. The Hall–Kier alpha value is -3.69. The van der Waals surface area contributed by atoms with Gasteiger partial charge in [-0.05, 0) is 41.1 Å². The van der Waals surface area contributed by atoms with E-state index in [-0.39, 0.29) is 22.1 Å². The lowest BCUT2D eigenvalue weighted by molar-refractivity contribution is -0.144. The highest BCUT2D eigenvalue weighted by Gasteiger charge is 2.22. The monoisotopic (exact) mass is 555 g/mol. The van der Waals surface area contributed by atoms with E-state index < -0.39 is 12.1 Å². The average molecular weight is 557 g/mol. The molecule has 0 saturated heterocycles. The molecular weight excluding hydrogens is 538 g/mol. The number of carboxylic acids is 1. The lowest BCUT2D eigenvalue weighted by Crippen LogP contribution is -2.23. The van der Waals surface area contributed by atoms with Crippen LogP contribution in [0, 0.1) is 0 Å². The maximum atomic E-state index is 13.3. The number of carbonyl (C=O) groups is 1. The maximum Gasteiger partial charge on any atom is 0.344 e. The molecule has 0 amide bonds. The number of benzene rings is 3. The molecule has 35 heavy (non-hydrogen) atoms. The van der Waals surface area contributed by atoms with Crippen molar-refractivity contribution in [2.45, 2.75) is 13.0 Å². The summed E-state index contributed by atoms with van der Waals surface area (Å²) in [7, 11) is 1.41. The van der Waals surface area contributed by atoms with Crippen molar-refractivity contribution in [2.24, 2.45) is 5.10 Å². The van der Waals surface area contributed by atoms with Crippen LogP contribution in [0.5, 0.6) is 11.5 Å². The minimum atomic E-state index is -1.15. The lowest BCUT2D eigenvalue weighted by Gasteiger charge is -2.17. The first-order valence-corrected chi connectivity index (χ1v) is 11.6. The van der Waals surface area contributed by atoms with E-state index in [2.05, 4.69) is 26.0 Å². The quantitative estimate of drug-likeness (QED) is 0.313. The number of hydrogen-bond donors (Lipinski definition) is 1. The molecule has 8 nitrogen and oxygen atoms in total. The predicted molar refractivity (Wildman–Crippen MR) is 138 cm³/mol. The van der Waals surface area contributed by atoms with Crippen molar-refractivity contribution in [1.82, 2.24) is 9.66 Å². The van der Waals surface area contributed by atoms with Gasteiger partial charge < -0.3 is 14.6 Å². The van der Waals surface area contributed by atoms with Crippen LogP contribution in [-0.2, 0) is 4.79 Å². The van der Waals surface area contributed by atoms with Crippen LogP contribution in [0.4, 0.5) is 0 Å². The van der Waals surface area contributed by atoms with Gasteiger partial charge in [0.25, 0.3) is 5.56 Å². The van der Waals surface area contributed by atoms with Crippen molar-refractivity contribution in [3.05, 3.63) is 86.1 Å². The Morgan fingerprint density at radius 3 is 2.57 bits per heavy atom. The molecule has 0 aliphatic heterocycles. The Morgan fingerprint density at radius 2 is 1.89 bits per heavy atom. The fraction of sp³-hybridized carbons (Fsp3) is 0.120. The molecule has 0 unspecified atom stereocenters. The summed E-state index contributed by atoms with van der Waals surface area (Å²) >= 11 is 9.87.